The number of H-pyrrole nitrogens is 1. The van der Waals surface area contributed by atoms with Gasteiger partial charge in [0.15, 0.2) is 5.76 Å². The molecule has 248 valence electrons. The first-order chi connectivity index (χ1) is 19.4. The van der Waals surface area contributed by atoms with Gasteiger partial charge in [-0.3, -0.25) is 0 Å². The number of hydrogen-bond donors (Lipinski definition) is 2. The molecule has 0 spiro atoms. The van der Waals surface area contributed by atoms with Crippen LogP contribution in [0.2, 0.25) is 0 Å². The number of alkyl halides is 18. The van der Waals surface area contributed by atoms with E-state index in [0.717, 1.165) is 9.98 Å². The third-order valence-corrected chi connectivity index (χ3v) is 5.66. The highest BCUT2D eigenvalue weighted by Gasteiger charge is 2.84. The molecule has 0 bridgehead atoms. The van der Waals surface area contributed by atoms with Crippen molar-refractivity contribution in [2.45, 2.75) is 47.9 Å². The fourth-order valence-electron chi connectivity index (χ4n) is 3.32. The summed E-state index contributed by atoms with van der Waals surface area (Å²) in [5.74, 6) is -45.0. The van der Waals surface area contributed by atoms with E-state index >= 15 is 0 Å². The first kappa shape index (κ1) is 34.9. The van der Waals surface area contributed by atoms with Crippen molar-refractivity contribution in [1.82, 2.24) is 4.98 Å². The van der Waals surface area contributed by atoms with E-state index in [9.17, 15) is 87.7 Å². The van der Waals surface area contributed by atoms with Gasteiger partial charge in [-0.05, 0) is 12.1 Å². The zero-order chi connectivity index (χ0) is 34.3. The lowest BCUT2D eigenvalue weighted by atomic mass is 10.00. The Bertz CT molecular complexity index is 1430. The van der Waals surface area contributed by atoms with Crippen LogP contribution >= 0.6 is 0 Å². The molecule has 2 N–H and O–H groups in total. The zero-order valence-electron chi connectivity index (χ0n) is 19.8. The summed E-state index contributed by atoms with van der Waals surface area (Å²) in [6, 6.07) is -0.198. The summed E-state index contributed by atoms with van der Waals surface area (Å²) in [5.41, 5.74) is -7.54. The number of halogens is 20. The molecule has 2 aliphatic heterocycles. The van der Waals surface area contributed by atoms with Gasteiger partial charge < -0.3 is 22.9 Å². The van der Waals surface area contributed by atoms with E-state index in [2.05, 4.69) is 9.31 Å². The lowest BCUT2D eigenvalue weighted by molar-refractivity contribution is -0.418. The van der Waals surface area contributed by atoms with Gasteiger partial charge >= 0.3 is 55.0 Å². The number of rotatable bonds is 7. The molecule has 0 fully saturated rings. The van der Waals surface area contributed by atoms with Crippen LogP contribution in [0.3, 0.4) is 0 Å². The zero-order valence-corrected chi connectivity index (χ0v) is 19.8. The van der Waals surface area contributed by atoms with E-state index < -0.39 is 89.3 Å². The molecule has 4 nitrogen and oxygen atoms in total. The normalized spacial score (nSPS) is 20.7. The summed E-state index contributed by atoms with van der Waals surface area (Å²) in [5, 5.41) is 0. The standard InChI is InChI=1S/C19H6BF20N2O2/c21-12(22,14(25,26)16(29,30)18(33,34)35)10-3-1-6(41-10)8-5-9(44-20(39,40)43-8)7-2-4-11(42-7)13(23,24)15(27,28)17(31,32)19(36,37)38/h1-5,41H/q-1/p+1/b9-7-. The molecule has 0 radical (unpaired) electrons. The van der Waals surface area contributed by atoms with Crippen LogP contribution in [0.25, 0.3) is 5.76 Å². The quantitative estimate of drug-likeness (QED) is 0.255. The number of hydrogen-bond acceptors (Lipinski definition) is 2. The molecular weight excluding hydrogens is 679 g/mol. The third kappa shape index (κ3) is 5.13. The molecule has 44 heavy (non-hydrogen) atoms. The molecule has 3 rings (SSSR count). The topological polar surface area (TPSA) is 48.2 Å². The van der Waals surface area contributed by atoms with Crippen LogP contribution in [0.5, 0.6) is 0 Å². The summed E-state index contributed by atoms with van der Waals surface area (Å²) in [6.45, 7) is 0. The number of nitrogens with one attached hydrogen (secondary N) is 2. The monoisotopic (exact) mass is 686 g/mol. The summed E-state index contributed by atoms with van der Waals surface area (Å²) < 4.78 is 274. The Morgan fingerprint density at radius 1 is 0.591 bits per heavy atom. The molecule has 25 heteroatoms. The van der Waals surface area contributed by atoms with Crippen LogP contribution in [0.1, 0.15) is 11.4 Å². The minimum Gasteiger partial charge on any atom is -0.626 e. The summed E-state index contributed by atoms with van der Waals surface area (Å²) in [4.78, 5) is 2.21. The average molecular weight is 686 g/mol. The second-order valence-electron chi connectivity index (χ2n) is 8.66. The summed E-state index contributed by atoms with van der Waals surface area (Å²) >= 11 is 0. The maximum absolute atomic E-state index is 14.1. The van der Waals surface area contributed by atoms with Gasteiger partial charge in [0.25, 0.3) is 5.71 Å². The first-order valence-corrected chi connectivity index (χ1v) is 10.6. The Kier molecular flexibility index (Phi) is 7.71. The average Bonchev–Trinajstić information content (AvgIpc) is 3.52. The molecule has 0 amide bonds. The number of aromatic nitrogens is 1. The van der Waals surface area contributed by atoms with Crippen molar-refractivity contribution < 1.29 is 102 Å². The van der Waals surface area contributed by atoms with Crippen LogP contribution in [0.4, 0.5) is 87.7 Å². The van der Waals surface area contributed by atoms with E-state index in [1.807, 2.05) is 0 Å². The molecule has 3 heterocycles. The Labute approximate surface area is 227 Å². The second kappa shape index (κ2) is 9.72. The van der Waals surface area contributed by atoms with Crippen molar-refractivity contribution in [3.8, 4) is 0 Å². The molecule has 1 aromatic rings. The smallest absolute Gasteiger partial charge is 0.626 e. The molecule has 0 saturated carbocycles. The first-order valence-electron chi connectivity index (χ1n) is 10.6. The summed E-state index contributed by atoms with van der Waals surface area (Å²) in [7, 11) is -5.78. The van der Waals surface area contributed by atoms with Crippen molar-refractivity contribution in [3.05, 3.63) is 53.2 Å². The SMILES string of the molecule is F[B-]1(F)OC(c2ccc(C(F)(F)C(F)(F)C(F)(F)C(F)(F)F)[nH]2)=C/C(=C2\C=CC(C(F)(F)C(F)(F)C(F)(F)C(F)(F)F)=[NH+]2)O1. The van der Waals surface area contributed by atoms with E-state index in [1.54, 1.807) is 0 Å². The Morgan fingerprint density at radius 3 is 1.55 bits per heavy atom. The third-order valence-electron chi connectivity index (χ3n) is 5.66. The molecule has 0 saturated heterocycles. The fourth-order valence-corrected chi connectivity index (χ4v) is 3.32. The van der Waals surface area contributed by atoms with Crippen molar-refractivity contribution >= 4 is 18.6 Å². The lowest BCUT2D eigenvalue weighted by Crippen LogP contribution is -2.76. The van der Waals surface area contributed by atoms with E-state index in [0.29, 0.717) is 0 Å². The van der Waals surface area contributed by atoms with Crippen molar-refractivity contribution in [2.75, 3.05) is 0 Å². The second-order valence-corrected chi connectivity index (χ2v) is 8.66. The van der Waals surface area contributed by atoms with Crippen LogP contribution in [-0.4, -0.2) is 59.8 Å². The maximum atomic E-state index is 14.1. The highest BCUT2D eigenvalue weighted by atomic mass is 19.4. The van der Waals surface area contributed by atoms with Gasteiger partial charge in [0.05, 0.1) is 11.4 Å². The van der Waals surface area contributed by atoms with Crippen LogP contribution < -0.4 is 4.99 Å². The Morgan fingerprint density at radius 2 is 1.07 bits per heavy atom. The number of aromatic amines is 1. The van der Waals surface area contributed by atoms with Gasteiger partial charge in [-0.15, -0.1) is 0 Å². The van der Waals surface area contributed by atoms with Crippen LogP contribution in [0.15, 0.2) is 41.8 Å². The van der Waals surface area contributed by atoms with E-state index in [4.69, 9.17) is 0 Å². The predicted molar refractivity (Wildman–Crippen MR) is 102 cm³/mol. The maximum Gasteiger partial charge on any atom is 0.726 e. The fraction of sp³-hybridized carbons (Fsp3) is 0.421. The molecule has 1 aromatic heterocycles. The number of allylic oxidation sites excluding steroid dienone is 3. The van der Waals surface area contributed by atoms with Crippen LogP contribution in [-0.2, 0) is 15.2 Å². The Balaban J connectivity index is 2.06. The molecule has 2 aliphatic rings. The highest BCUT2D eigenvalue weighted by Crippen LogP contribution is 2.57. The summed E-state index contributed by atoms with van der Waals surface area (Å²) in [6.07, 6.45) is -14.6. The van der Waals surface area contributed by atoms with E-state index in [1.165, 1.54) is 0 Å². The largest absolute Gasteiger partial charge is 0.726 e. The Hall–Kier alpha value is -3.57. The van der Waals surface area contributed by atoms with Gasteiger partial charge in [-0.2, -0.15) is 79.0 Å². The lowest BCUT2D eigenvalue weighted by Gasteiger charge is -2.34. The van der Waals surface area contributed by atoms with Crippen molar-refractivity contribution in [2.24, 2.45) is 0 Å². The van der Waals surface area contributed by atoms with Gasteiger partial charge in [-0.25, -0.2) is 4.99 Å². The van der Waals surface area contributed by atoms with Gasteiger partial charge in [0, 0.05) is 18.2 Å². The minimum absolute atomic E-state index is 0.0472. The van der Waals surface area contributed by atoms with Gasteiger partial charge in [0.1, 0.15) is 5.76 Å². The van der Waals surface area contributed by atoms with Crippen LogP contribution in [0, 0.1) is 0 Å². The van der Waals surface area contributed by atoms with E-state index in [-0.39, 0.29) is 30.4 Å². The molecule has 0 aromatic carbocycles. The molecule has 0 unspecified atom stereocenters. The highest BCUT2D eigenvalue weighted by molar-refractivity contribution is 6.53. The predicted octanol–water partition coefficient (Wildman–Crippen LogP) is 6.47. The molecule has 0 atom stereocenters. The van der Waals surface area contributed by atoms with Gasteiger partial charge in [0.2, 0.25) is 5.70 Å². The van der Waals surface area contributed by atoms with Gasteiger partial charge in [-0.1, -0.05) is 0 Å². The molecular formula is C19H7BF20N2O2. The van der Waals surface area contributed by atoms with Crippen molar-refractivity contribution in [1.29, 1.82) is 0 Å². The molecule has 0 aliphatic carbocycles. The minimum atomic E-state index is -7.35. The van der Waals surface area contributed by atoms with Crippen molar-refractivity contribution in [3.63, 3.8) is 0 Å².